The van der Waals surface area contributed by atoms with E-state index in [2.05, 4.69) is 5.32 Å². The van der Waals surface area contributed by atoms with Crippen molar-refractivity contribution in [2.24, 2.45) is 0 Å². The molecule has 0 radical (unpaired) electrons. The molecule has 0 saturated carbocycles. The Labute approximate surface area is 93.6 Å². The lowest BCUT2D eigenvalue weighted by atomic mass is 10.2. The van der Waals surface area contributed by atoms with Crippen LogP contribution in [-0.2, 0) is 4.74 Å². The smallest absolute Gasteiger partial charge is 0.183 e. The second kappa shape index (κ2) is 5.65. The molecular formula is C11H16F2N2O. The standard InChI is InChI=1S/C11H16F2N2O/c1-3-7(6-16-2)15-11-9(14)5-4-8(12)10(11)13/h4-5,7,15H,3,6,14H2,1-2H3. The Morgan fingerprint density at radius 1 is 1.44 bits per heavy atom. The van der Waals surface area contributed by atoms with Crippen LogP contribution in [0, 0.1) is 11.6 Å². The van der Waals surface area contributed by atoms with Gasteiger partial charge in [0.1, 0.15) is 0 Å². The molecule has 3 nitrogen and oxygen atoms in total. The number of ether oxygens (including phenoxy) is 1. The van der Waals surface area contributed by atoms with Gasteiger partial charge in [-0.1, -0.05) is 6.92 Å². The molecule has 0 aliphatic heterocycles. The SMILES string of the molecule is CCC(COC)Nc1c(N)ccc(F)c1F. The molecule has 0 fully saturated rings. The Morgan fingerprint density at radius 3 is 2.69 bits per heavy atom. The van der Waals surface area contributed by atoms with Crippen LogP contribution in [-0.4, -0.2) is 19.8 Å². The van der Waals surface area contributed by atoms with Crippen molar-refractivity contribution in [3.8, 4) is 0 Å². The second-order valence-corrected chi connectivity index (χ2v) is 3.53. The highest BCUT2D eigenvalue weighted by Gasteiger charge is 2.15. The number of hydrogen-bond donors (Lipinski definition) is 2. The van der Waals surface area contributed by atoms with E-state index < -0.39 is 11.6 Å². The molecule has 1 aromatic carbocycles. The molecule has 0 heterocycles. The maximum atomic E-state index is 13.4. The van der Waals surface area contributed by atoms with Crippen LogP contribution in [0.4, 0.5) is 20.2 Å². The molecule has 0 aliphatic carbocycles. The molecule has 1 rings (SSSR count). The normalized spacial score (nSPS) is 12.5. The van der Waals surface area contributed by atoms with E-state index in [9.17, 15) is 8.78 Å². The monoisotopic (exact) mass is 230 g/mol. The van der Waals surface area contributed by atoms with Crippen molar-refractivity contribution in [2.45, 2.75) is 19.4 Å². The van der Waals surface area contributed by atoms with Gasteiger partial charge in [-0.05, 0) is 18.6 Å². The minimum Gasteiger partial charge on any atom is -0.397 e. The van der Waals surface area contributed by atoms with Gasteiger partial charge in [0.05, 0.1) is 18.0 Å². The minimum absolute atomic E-state index is 0.00361. The van der Waals surface area contributed by atoms with Crippen molar-refractivity contribution >= 4 is 11.4 Å². The van der Waals surface area contributed by atoms with Crippen molar-refractivity contribution in [1.29, 1.82) is 0 Å². The van der Waals surface area contributed by atoms with Gasteiger partial charge in [-0.15, -0.1) is 0 Å². The quantitative estimate of drug-likeness (QED) is 0.763. The zero-order valence-electron chi connectivity index (χ0n) is 9.39. The van der Waals surface area contributed by atoms with Crippen molar-refractivity contribution in [3.05, 3.63) is 23.8 Å². The summed E-state index contributed by atoms with van der Waals surface area (Å²) in [6.45, 7) is 2.33. The average molecular weight is 230 g/mol. The van der Waals surface area contributed by atoms with Gasteiger partial charge in [-0.2, -0.15) is 0 Å². The molecule has 0 aliphatic rings. The highest BCUT2D eigenvalue weighted by atomic mass is 19.2. The third kappa shape index (κ3) is 2.82. The Hall–Kier alpha value is -1.36. The largest absolute Gasteiger partial charge is 0.397 e. The number of hydrogen-bond acceptors (Lipinski definition) is 3. The molecule has 1 atom stereocenters. The molecule has 1 unspecified atom stereocenters. The Balaban J connectivity index is 2.90. The first-order valence-electron chi connectivity index (χ1n) is 5.09. The van der Waals surface area contributed by atoms with Crippen molar-refractivity contribution in [1.82, 2.24) is 0 Å². The van der Waals surface area contributed by atoms with E-state index in [1.807, 2.05) is 6.92 Å². The number of benzene rings is 1. The van der Waals surface area contributed by atoms with Crippen LogP contribution in [0.1, 0.15) is 13.3 Å². The van der Waals surface area contributed by atoms with Crippen LogP contribution in [0.5, 0.6) is 0 Å². The van der Waals surface area contributed by atoms with E-state index in [0.29, 0.717) is 6.61 Å². The molecule has 0 spiro atoms. The molecule has 90 valence electrons. The summed E-state index contributed by atoms with van der Waals surface area (Å²) in [6, 6.07) is 2.25. The molecule has 5 heteroatoms. The van der Waals surface area contributed by atoms with E-state index in [1.165, 1.54) is 6.07 Å². The van der Waals surface area contributed by atoms with Gasteiger partial charge in [-0.25, -0.2) is 8.78 Å². The maximum Gasteiger partial charge on any atom is 0.183 e. The predicted molar refractivity (Wildman–Crippen MR) is 60.3 cm³/mol. The lowest BCUT2D eigenvalue weighted by Crippen LogP contribution is -2.25. The van der Waals surface area contributed by atoms with Crippen LogP contribution in [0.2, 0.25) is 0 Å². The van der Waals surface area contributed by atoms with E-state index in [1.54, 1.807) is 7.11 Å². The van der Waals surface area contributed by atoms with Gasteiger partial charge in [0.15, 0.2) is 11.6 Å². The van der Waals surface area contributed by atoms with Crippen molar-refractivity contribution in [3.63, 3.8) is 0 Å². The molecule has 1 aromatic rings. The molecule has 0 bridgehead atoms. The first-order chi connectivity index (χ1) is 7.60. The number of halogens is 2. The summed E-state index contributed by atoms with van der Waals surface area (Å²) in [4.78, 5) is 0. The number of nitrogens with one attached hydrogen (secondary N) is 1. The molecule has 16 heavy (non-hydrogen) atoms. The average Bonchev–Trinajstić information content (AvgIpc) is 2.28. The van der Waals surface area contributed by atoms with E-state index >= 15 is 0 Å². The fraction of sp³-hybridized carbons (Fsp3) is 0.455. The first kappa shape index (κ1) is 12.7. The highest BCUT2D eigenvalue weighted by molar-refractivity contribution is 5.67. The fourth-order valence-electron chi connectivity index (χ4n) is 1.38. The summed E-state index contributed by atoms with van der Waals surface area (Å²) in [5.41, 5.74) is 5.77. The Bertz CT molecular complexity index is 358. The van der Waals surface area contributed by atoms with E-state index in [4.69, 9.17) is 10.5 Å². The second-order valence-electron chi connectivity index (χ2n) is 3.53. The topological polar surface area (TPSA) is 47.3 Å². The summed E-state index contributed by atoms with van der Waals surface area (Å²) in [5, 5.41) is 2.84. The number of rotatable bonds is 5. The molecule has 0 saturated heterocycles. The van der Waals surface area contributed by atoms with Crippen molar-refractivity contribution < 1.29 is 13.5 Å². The van der Waals surface area contributed by atoms with Gasteiger partial charge in [0, 0.05) is 13.2 Å². The van der Waals surface area contributed by atoms with Gasteiger partial charge in [-0.3, -0.25) is 0 Å². The Morgan fingerprint density at radius 2 is 2.12 bits per heavy atom. The van der Waals surface area contributed by atoms with Crippen LogP contribution < -0.4 is 11.1 Å². The van der Waals surface area contributed by atoms with E-state index in [0.717, 1.165) is 12.5 Å². The lowest BCUT2D eigenvalue weighted by Gasteiger charge is -2.19. The van der Waals surface area contributed by atoms with Gasteiger partial charge in [0.2, 0.25) is 0 Å². The highest BCUT2D eigenvalue weighted by Crippen LogP contribution is 2.25. The van der Waals surface area contributed by atoms with Crippen LogP contribution in [0.25, 0.3) is 0 Å². The van der Waals surface area contributed by atoms with Gasteiger partial charge >= 0.3 is 0 Å². The summed E-state index contributed by atoms with van der Waals surface area (Å²) < 4.78 is 31.4. The summed E-state index contributed by atoms with van der Waals surface area (Å²) >= 11 is 0. The third-order valence-corrected chi connectivity index (χ3v) is 2.34. The lowest BCUT2D eigenvalue weighted by molar-refractivity contribution is 0.184. The minimum atomic E-state index is -0.949. The zero-order valence-corrected chi connectivity index (χ0v) is 9.39. The number of nitrogen functional groups attached to an aromatic ring is 1. The number of nitrogens with two attached hydrogens (primary N) is 1. The van der Waals surface area contributed by atoms with Crippen LogP contribution >= 0.6 is 0 Å². The molecule has 0 amide bonds. The number of methoxy groups -OCH3 is 1. The van der Waals surface area contributed by atoms with Crippen LogP contribution in [0.15, 0.2) is 12.1 Å². The summed E-state index contributed by atoms with van der Waals surface area (Å²) in [6.07, 6.45) is 0.725. The van der Waals surface area contributed by atoms with E-state index in [-0.39, 0.29) is 17.4 Å². The van der Waals surface area contributed by atoms with Crippen LogP contribution in [0.3, 0.4) is 0 Å². The zero-order chi connectivity index (χ0) is 12.1. The maximum absolute atomic E-state index is 13.4. The number of anilines is 2. The van der Waals surface area contributed by atoms with Crippen molar-refractivity contribution in [2.75, 3.05) is 24.8 Å². The first-order valence-corrected chi connectivity index (χ1v) is 5.09. The Kier molecular flexibility index (Phi) is 4.49. The molecule has 3 N–H and O–H groups in total. The third-order valence-electron chi connectivity index (χ3n) is 2.34. The van der Waals surface area contributed by atoms with Gasteiger partial charge < -0.3 is 15.8 Å². The fourth-order valence-corrected chi connectivity index (χ4v) is 1.38. The summed E-state index contributed by atoms with van der Waals surface area (Å²) in [5.74, 6) is -1.86. The summed E-state index contributed by atoms with van der Waals surface area (Å²) in [7, 11) is 1.55. The predicted octanol–water partition coefficient (Wildman–Crippen LogP) is 2.38. The molecule has 0 aromatic heterocycles. The molecular weight excluding hydrogens is 214 g/mol. The van der Waals surface area contributed by atoms with Gasteiger partial charge in [0.25, 0.3) is 0 Å².